The first kappa shape index (κ1) is 14.9. The molecule has 0 bridgehead atoms. The van der Waals surface area contributed by atoms with Gasteiger partial charge in [-0.15, -0.1) is 0 Å². The van der Waals surface area contributed by atoms with Gasteiger partial charge in [0.05, 0.1) is 6.04 Å². The van der Waals surface area contributed by atoms with Crippen LogP contribution in [0.15, 0.2) is 42.7 Å². The third-order valence-corrected chi connectivity index (χ3v) is 2.81. The van der Waals surface area contributed by atoms with Crippen molar-refractivity contribution in [2.24, 2.45) is 0 Å². The van der Waals surface area contributed by atoms with Gasteiger partial charge in [0.15, 0.2) is 18.2 Å². The second-order valence-electron chi connectivity index (χ2n) is 4.44. The summed E-state index contributed by atoms with van der Waals surface area (Å²) in [6, 6.07) is 6.26. The maximum atomic E-state index is 13.3. The number of hydrogen-bond donors (Lipinski definition) is 1. The Morgan fingerprint density at radius 2 is 2.19 bits per heavy atom. The molecule has 2 aromatic rings. The number of carbonyl (C=O) groups is 1. The van der Waals surface area contributed by atoms with Crippen LogP contribution in [0.1, 0.15) is 18.5 Å². The van der Waals surface area contributed by atoms with Crippen LogP contribution >= 0.6 is 0 Å². The van der Waals surface area contributed by atoms with Gasteiger partial charge in [0.2, 0.25) is 0 Å². The molecule has 110 valence electrons. The number of ether oxygens (including phenoxy) is 1. The standard InChI is InChI=1S/C15H14F2N2O2/c1-10(11-3-2-6-18-8-11)19-15(20)9-21-14-5-4-12(16)7-13(14)17/h2-8,10H,9H2,1H3,(H,19,20)/t10-/m0/s1. The van der Waals surface area contributed by atoms with E-state index in [0.29, 0.717) is 6.07 Å². The van der Waals surface area contributed by atoms with E-state index in [4.69, 9.17) is 4.74 Å². The van der Waals surface area contributed by atoms with E-state index in [9.17, 15) is 13.6 Å². The van der Waals surface area contributed by atoms with Gasteiger partial charge < -0.3 is 10.1 Å². The van der Waals surface area contributed by atoms with Crippen LogP contribution in [0.3, 0.4) is 0 Å². The number of carbonyl (C=O) groups excluding carboxylic acids is 1. The van der Waals surface area contributed by atoms with Gasteiger partial charge in [-0.05, 0) is 30.7 Å². The average molecular weight is 292 g/mol. The van der Waals surface area contributed by atoms with Crippen LogP contribution in [0.2, 0.25) is 0 Å². The van der Waals surface area contributed by atoms with Crippen molar-refractivity contribution in [1.82, 2.24) is 10.3 Å². The molecule has 0 aliphatic heterocycles. The van der Waals surface area contributed by atoms with Crippen molar-refractivity contribution < 1.29 is 18.3 Å². The van der Waals surface area contributed by atoms with E-state index in [1.165, 1.54) is 0 Å². The maximum Gasteiger partial charge on any atom is 0.258 e. The first-order valence-electron chi connectivity index (χ1n) is 6.33. The fourth-order valence-corrected chi connectivity index (χ4v) is 1.73. The van der Waals surface area contributed by atoms with Crippen molar-refractivity contribution in [1.29, 1.82) is 0 Å². The minimum atomic E-state index is -0.844. The molecule has 21 heavy (non-hydrogen) atoms. The Hall–Kier alpha value is -2.50. The molecule has 1 amide bonds. The lowest BCUT2D eigenvalue weighted by Gasteiger charge is -2.14. The fraction of sp³-hybridized carbons (Fsp3) is 0.200. The van der Waals surface area contributed by atoms with Gasteiger partial charge in [0, 0.05) is 18.5 Å². The number of nitrogens with zero attached hydrogens (tertiary/aromatic N) is 1. The summed E-state index contributed by atoms with van der Waals surface area (Å²) in [6.07, 6.45) is 3.28. The smallest absolute Gasteiger partial charge is 0.258 e. The van der Waals surface area contributed by atoms with Crippen molar-refractivity contribution in [2.45, 2.75) is 13.0 Å². The van der Waals surface area contributed by atoms with Crippen molar-refractivity contribution in [3.63, 3.8) is 0 Å². The lowest BCUT2D eigenvalue weighted by molar-refractivity contribution is -0.123. The number of benzene rings is 1. The molecule has 0 unspecified atom stereocenters. The molecule has 0 aliphatic carbocycles. The summed E-state index contributed by atoms with van der Waals surface area (Å²) < 4.78 is 31.1. The zero-order valence-corrected chi connectivity index (χ0v) is 11.3. The summed E-state index contributed by atoms with van der Waals surface area (Å²) in [5.74, 6) is -2.12. The Labute approximate surface area is 120 Å². The molecule has 0 spiro atoms. The van der Waals surface area contributed by atoms with E-state index >= 15 is 0 Å². The summed E-state index contributed by atoms with van der Waals surface area (Å²) in [4.78, 5) is 15.7. The molecule has 0 radical (unpaired) electrons. The predicted octanol–water partition coefficient (Wildman–Crippen LogP) is 2.62. The molecular weight excluding hydrogens is 278 g/mol. The molecule has 1 N–H and O–H groups in total. The first-order valence-corrected chi connectivity index (χ1v) is 6.33. The molecule has 0 aliphatic rings. The molecule has 1 atom stereocenters. The summed E-state index contributed by atoms with van der Waals surface area (Å²) in [5.41, 5.74) is 0.846. The largest absolute Gasteiger partial charge is 0.481 e. The Balaban J connectivity index is 1.87. The Morgan fingerprint density at radius 3 is 2.86 bits per heavy atom. The van der Waals surface area contributed by atoms with Gasteiger partial charge in [-0.25, -0.2) is 8.78 Å². The highest BCUT2D eigenvalue weighted by Gasteiger charge is 2.11. The van der Waals surface area contributed by atoms with Crippen LogP contribution in [0.25, 0.3) is 0 Å². The van der Waals surface area contributed by atoms with Gasteiger partial charge in [-0.2, -0.15) is 0 Å². The van der Waals surface area contributed by atoms with Gasteiger partial charge >= 0.3 is 0 Å². The number of aromatic nitrogens is 1. The Kier molecular flexibility index (Phi) is 4.81. The van der Waals surface area contributed by atoms with Crippen LogP contribution in [0.5, 0.6) is 5.75 Å². The fourth-order valence-electron chi connectivity index (χ4n) is 1.73. The normalized spacial score (nSPS) is 11.8. The molecule has 1 aromatic carbocycles. The molecule has 0 saturated carbocycles. The van der Waals surface area contributed by atoms with E-state index in [1.807, 2.05) is 6.07 Å². The number of amides is 1. The Bertz CT molecular complexity index is 620. The van der Waals surface area contributed by atoms with Crippen LogP contribution < -0.4 is 10.1 Å². The van der Waals surface area contributed by atoms with E-state index in [0.717, 1.165) is 17.7 Å². The van der Waals surface area contributed by atoms with Crippen LogP contribution in [-0.2, 0) is 4.79 Å². The SMILES string of the molecule is C[C@H](NC(=O)COc1ccc(F)cc1F)c1cccnc1. The lowest BCUT2D eigenvalue weighted by atomic mass is 10.1. The predicted molar refractivity (Wildman–Crippen MR) is 72.6 cm³/mol. The van der Waals surface area contributed by atoms with Gasteiger partial charge in [-0.1, -0.05) is 6.07 Å². The average Bonchev–Trinajstić information content (AvgIpc) is 2.47. The number of nitrogens with one attached hydrogen (secondary N) is 1. The molecule has 1 heterocycles. The van der Waals surface area contributed by atoms with Crippen LogP contribution in [0, 0.1) is 11.6 Å². The van der Waals surface area contributed by atoms with Crippen LogP contribution in [0.4, 0.5) is 8.78 Å². The molecule has 1 aromatic heterocycles. The molecule has 2 rings (SSSR count). The Morgan fingerprint density at radius 1 is 1.38 bits per heavy atom. The molecule has 4 nitrogen and oxygen atoms in total. The zero-order chi connectivity index (χ0) is 15.2. The minimum Gasteiger partial charge on any atom is -0.481 e. The van der Waals surface area contributed by atoms with Crippen molar-refractivity contribution >= 4 is 5.91 Å². The van der Waals surface area contributed by atoms with Crippen molar-refractivity contribution in [3.8, 4) is 5.75 Å². The maximum absolute atomic E-state index is 13.3. The molecule has 0 saturated heterocycles. The highest BCUT2D eigenvalue weighted by atomic mass is 19.1. The second-order valence-corrected chi connectivity index (χ2v) is 4.44. The summed E-state index contributed by atoms with van der Waals surface area (Å²) in [7, 11) is 0. The minimum absolute atomic E-state index is 0.166. The highest BCUT2D eigenvalue weighted by Crippen LogP contribution is 2.17. The number of halogens is 2. The quantitative estimate of drug-likeness (QED) is 0.921. The number of hydrogen-bond acceptors (Lipinski definition) is 3. The van der Waals surface area contributed by atoms with E-state index in [1.54, 1.807) is 25.4 Å². The van der Waals surface area contributed by atoms with E-state index in [2.05, 4.69) is 10.3 Å². The molecular formula is C15H14F2N2O2. The van der Waals surface area contributed by atoms with Gasteiger partial charge in [-0.3, -0.25) is 9.78 Å². The summed E-state index contributed by atoms with van der Waals surface area (Å²) in [5, 5.41) is 2.70. The van der Waals surface area contributed by atoms with Gasteiger partial charge in [0.25, 0.3) is 5.91 Å². The molecule has 0 fully saturated rings. The summed E-state index contributed by atoms with van der Waals surface area (Å²) >= 11 is 0. The number of pyridine rings is 1. The van der Waals surface area contributed by atoms with Crippen molar-refractivity contribution in [3.05, 3.63) is 59.9 Å². The molecule has 6 heteroatoms. The van der Waals surface area contributed by atoms with Gasteiger partial charge in [0.1, 0.15) is 5.82 Å². The second kappa shape index (κ2) is 6.78. The van der Waals surface area contributed by atoms with E-state index < -0.39 is 17.5 Å². The third kappa shape index (κ3) is 4.24. The van der Waals surface area contributed by atoms with Crippen molar-refractivity contribution in [2.75, 3.05) is 6.61 Å². The zero-order valence-electron chi connectivity index (χ0n) is 11.3. The summed E-state index contributed by atoms with van der Waals surface area (Å²) in [6.45, 7) is 1.44. The third-order valence-electron chi connectivity index (χ3n) is 2.81. The monoisotopic (exact) mass is 292 g/mol. The highest BCUT2D eigenvalue weighted by molar-refractivity contribution is 5.78. The topological polar surface area (TPSA) is 51.2 Å². The van der Waals surface area contributed by atoms with E-state index in [-0.39, 0.29) is 18.4 Å². The number of rotatable bonds is 5. The van der Waals surface area contributed by atoms with Crippen LogP contribution in [-0.4, -0.2) is 17.5 Å². The first-order chi connectivity index (χ1) is 10.1. The lowest BCUT2D eigenvalue weighted by Crippen LogP contribution is -2.31.